The first-order chi connectivity index (χ1) is 9.16. The summed E-state index contributed by atoms with van der Waals surface area (Å²) in [7, 11) is 1.69. The summed E-state index contributed by atoms with van der Waals surface area (Å²) in [5, 5.41) is 13.2. The van der Waals surface area contributed by atoms with E-state index in [1.165, 1.54) is 25.7 Å². The van der Waals surface area contributed by atoms with Gasteiger partial charge in [0.15, 0.2) is 0 Å². The summed E-state index contributed by atoms with van der Waals surface area (Å²) in [6.45, 7) is 0. The Morgan fingerprint density at radius 2 is 1.84 bits per heavy atom. The number of carbonyl (C=O) groups is 1. The number of aliphatic carboxylic acids is 1. The Kier molecular flexibility index (Phi) is 5.22. The number of methoxy groups -OCH3 is 1. The first-order valence-electron chi connectivity index (χ1n) is 7.70. The molecule has 0 aromatic heterocycles. The van der Waals surface area contributed by atoms with Crippen molar-refractivity contribution in [3.8, 4) is 0 Å². The second-order valence-corrected chi connectivity index (χ2v) is 6.17. The summed E-state index contributed by atoms with van der Waals surface area (Å²) in [6.07, 6.45) is 10.6. The number of hydrogen-bond acceptors (Lipinski definition) is 3. The van der Waals surface area contributed by atoms with Gasteiger partial charge < -0.3 is 9.84 Å². The van der Waals surface area contributed by atoms with Crippen LogP contribution in [0.3, 0.4) is 0 Å². The van der Waals surface area contributed by atoms with Gasteiger partial charge in [0.25, 0.3) is 0 Å². The Hall–Kier alpha value is -0.610. The van der Waals surface area contributed by atoms with Gasteiger partial charge in [0, 0.05) is 19.6 Å². The predicted molar refractivity (Wildman–Crippen MR) is 74.3 cm³/mol. The van der Waals surface area contributed by atoms with Crippen LogP contribution < -0.4 is 5.32 Å². The molecule has 0 saturated heterocycles. The van der Waals surface area contributed by atoms with Gasteiger partial charge in [0.2, 0.25) is 0 Å². The lowest BCUT2D eigenvalue weighted by Gasteiger charge is -2.40. The maximum absolute atomic E-state index is 11.8. The lowest BCUT2D eigenvalue weighted by atomic mass is 9.79. The molecule has 0 bridgehead atoms. The van der Waals surface area contributed by atoms with E-state index >= 15 is 0 Å². The van der Waals surface area contributed by atoms with Gasteiger partial charge in [0.1, 0.15) is 5.54 Å². The van der Waals surface area contributed by atoms with Gasteiger partial charge in [-0.25, -0.2) is 0 Å². The number of ether oxygens (including phenoxy) is 1. The standard InChI is InChI=1S/C15H27NO3/c1-19-13-9-6-10-15(11-13,14(17)18)16-12-7-4-2-3-5-8-12/h12-13,16H,2-11H2,1H3,(H,17,18). The Labute approximate surface area is 115 Å². The van der Waals surface area contributed by atoms with Crippen LogP contribution in [0.25, 0.3) is 0 Å². The Morgan fingerprint density at radius 1 is 1.16 bits per heavy atom. The number of hydrogen-bond donors (Lipinski definition) is 2. The zero-order valence-electron chi connectivity index (χ0n) is 12.0. The molecule has 2 atom stereocenters. The number of nitrogens with one attached hydrogen (secondary N) is 1. The third kappa shape index (κ3) is 3.69. The van der Waals surface area contributed by atoms with E-state index in [0.29, 0.717) is 12.5 Å². The molecule has 0 amide bonds. The number of rotatable bonds is 4. The Balaban J connectivity index is 2.03. The molecule has 2 saturated carbocycles. The van der Waals surface area contributed by atoms with Crippen molar-refractivity contribution in [3.05, 3.63) is 0 Å². The lowest BCUT2D eigenvalue weighted by Crippen LogP contribution is -2.59. The number of carboxylic acid groups (broad SMARTS) is 1. The highest BCUT2D eigenvalue weighted by Gasteiger charge is 2.44. The average Bonchev–Trinajstić information content (AvgIpc) is 2.67. The van der Waals surface area contributed by atoms with E-state index < -0.39 is 11.5 Å². The summed E-state index contributed by atoms with van der Waals surface area (Å²) >= 11 is 0. The minimum absolute atomic E-state index is 0.0862. The van der Waals surface area contributed by atoms with Crippen LogP contribution in [0.1, 0.15) is 64.2 Å². The van der Waals surface area contributed by atoms with Crippen molar-refractivity contribution in [1.82, 2.24) is 5.32 Å². The van der Waals surface area contributed by atoms with Crippen LogP contribution in [0.5, 0.6) is 0 Å². The summed E-state index contributed by atoms with van der Waals surface area (Å²) in [5.74, 6) is -0.696. The maximum Gasteiger partial charge on any atom is 0.324 e. The van der Waals surface area contributed by atoms with Gasteiger partial charge in [-0.2, -0.15) is 0 Å². The van der Waals surface area contributed by atoms with Crippen LogP contribution in [0.15, 0.2) is 0 Å². The highest BCUT2D eigenvalue weighted by Crippen LogP contribution is 2.32. The highest BCUT2D eigenvalue weighted by atomic mass is 16.5. The zero-order chi connectivity index (χ0) is 13.7. The minimum atomic E-state index is -0.756. The van der Waals surface area contributed by atoms with Gasteiger partial charge >= 0.3 is 5.97 Å². The highest BCUT2D eigenvalue weighted by molar-refractivity contribution is 5.79. The van der Waals surface area contributed by atoms with Gasteiger partial charge in [-0.3, -0.25) is 10.1 Å². The van der Waals surface area contributed by atoms with Crippen LogP contribution >= 0.6 is 0 Å². The smallest absolute Gasteiger partial charge is 0.324 e. The fourth-order valence-corrected chi connectivity index (χ4v) is 3.63. The van der Waals surface area contributed by atoms with Crippen molar-refractivity contribution in [3.63, 3.8) is 0 Å². The molecule has 2 rings (SSSR count). The van der Waals surface area contributed by atoms with Crippen molar-refractivity contribution < 1.29 is 14.6 Å². The van der Waals surface area contributed by atoms with Gasteiger partial charge in [-0.15, -0.1) is 0 Å². The van der Waals surface area contributed by atoms with E-state index in [2.05, 4.69) is 5.32 Å². The second kappa shape index (κ2) is 6.71. The molecule has 2 N–H and O–H groups in total. The first-order valence-corrected chi connectivity index (χ1v) is 7.70. The first kappa shape index (κ1) is 14.8. The average molecular weight is 269 g/mol. The SMILES string of the molecule is COC1CCCC(NC2CCCCCC2)(C(=O)O)C1. The van der Waals surface area contributed by atoms with Crippen molar-refractivity contribution in [1.29, 1.82) is 0 Å². The predicted octanol–water partition coefficient (Wildman–Crippen LogP) is 2.71. The summed E-state index contributed by atoms with van der Waals surface area (Å²) in [6, 6.07) is 0.370. The second-order valence-electron chi connectivity index (χ2n) is 6.17. The lowest BCUT2D eigenvalue weighted by molar-refractivity contribution is -0.149. The monoisotopic (exact) mass is 269 g/mol. The van der Waals surface area contributed by atoms with E-state index in [4.69, 9.17) is 4.74 Å². The molecule has 0 radical (unpaired) electrons. The topological polar surface area (TPSA) is 58.6 Å². The maximum atomic E-state index is 11.8. The van der Waals surface area contributed by atoms with Crippen LogP contribution in [0.4, 0.5) is 0 Å². The Morgan fingerprint density at radius 3 is 2.42 bits per heavy atom. The third-order valence-electron chi connectivity index (χ3n) is 4.78. The molecular weight excluding hydrogens is 242 g/mol. The third-order valence-corrected chi connectivity index (χ3v) is 4.78. The minimum Gasteiger partial charge on any atom is -0.480 e. The van der Waals surface area contributed by atoms with Crippen molar-refractivity contribution >= 4 is 5.97 Å². The fourth-order valence-electron chi connectivity index (χ4n) is 3.63. The van der Waals surface area contributed by atoms with E-state index in [-0.39, 0.29) is 6.10 Å². The van der Waals surface area contributed by atoms with E-state index in [1.807, 2.05) is 0 Å². The molecule has 0 aromatic rings. The molecular formula is C15H27NO3. The van der Waals surface area contributed by atoms with Gasteiger partial charge in [0.05, 0.1) is 6.10 Å². The van der Waals surface area contributed by atoms with Crippen LogP contribution in [0, 0.1) is 0 Å². The molecule has 110 valence electrons. The van der Waals surface area contributed by atoms with Crippen molar-refractivity contribution in [2.24, 2.45) is 0 Å². The van der Waals surface area contributed by atoms with Gasteiger partial charge in [-0.05, 0) is 32.1 Å². The van der Waals surface area contributed by atoms with Crippen molar-refractivity contribution in [2.45, 2.75) is 81.9 Å². The molecule has 19 heavy (non-hydrogen) atoms. The molecule has 0 spiro atoms. The van der Waals surface area contributed by atoms with Gasteiger partial charge in [-0.1, -0.05) is 25.7 Å². The molecule has 4 heteroatoms. The Bertz CT molecular complexity index is 300. The van der Waals surface area contributed by atoms with E-state index in [0.717, 1.165) is 32.1 Å². The molecule has 0 aliphatic heterocycles. The van der Waals surface area contributed by atoms with Crippen LogP contribution in [-0.2, 0) is 9.53 Å². The van der Waals surface area contributed by atoms with E-state index in [1.54, 1.807) is 7.11 Å². The molecule has 4 nitrogen and oxygen atoms in total. The normalized spacial score (nSPS) is 33.8. The molecule has 0 aromatic carbocycles. The quantitative estimate of drug-likeness (QED) is 0.770. The molecule has 2 aliphatic rings. The van der Waals surface area contributed by atoms with Crippen LogP contribution in [-0.4, -0.2) is 35.9 Å². The number of carboxylic acids is 1. The molecule has 2 unspecified atom stereocenters. The summed E-state index contributed by atoms with van der Waals surface area (Å²) < 4.78 is 5.41. The summed E-state index contributed by atoms with van der Waals surface area (Å²) in [5.41, 5.74) is -0.756. The van der Waals surface area contributed by atoms with Crippen LogP contribution in [0.2, 0.25) is 0 Å². The zero-order valence-corrected chi connectivity index (χ0v) is 12.0. The summed E-state index contributed by atoms with van der Waals surface area (Å²) in [4.78, 5) is 11.8. The molecule has 2 fully saturated rings. The molecule has 0 heterocycles. The van der Waals surface area contributed by atoms with Crippen molar-refractivity contribution in [2.75, 3.05) is 7.11 Å². The molecule has 2 aliphatic carbocycles. The fraction of sp³-hybridized carbons (Fsp3) is 0.933. The van der Waals surface area contributed by atoms with E-state index in [9.17, 15) is 9.90 Å². The largest absolute Gasteiger partial charge is 0.480 e.